The molecule has 4 aromatic rings. The molecule has 1 unspecified atom stereocenters. The van der Waals surface area contributed by atoms with Crippen molar-refractivity contribution in [3.05, 3.63) is 78.9 Å². The van der Waals surface area contributed by atoms with Crippen LogP contribution >= 0.6 is 11.8 Å². The predicted octanol–water partition coefficient (Wildman–Crippen LogP) is 5.32. The Hall–Kier alpha value is -3.78. The Balaban J connectivity index is 1.70. The Morgan fingerprint density at radius 1 is 0.903 bits per heavy atom. The number of fused-ring (bicyclic) bond motifs is 1. The number of anilines is 3. The van der Waals surface area contributed by atoms with Gasteiger partial charge in [0.25, 0.3) is 5.22 Å². The van der Waals surface area contributed by atoms with Gasteiger partial charge < -0.3 is 19.5 Å². The third-order valence-electron chi connectivity index (χ3n) is 4.52. The van der Waals surface area contributed by atoms with Crippen molar-refractivity contribution in [2.45, 2.75) is 16.9 Å². The third kappa shape index (κ3) is 4.70. The summed E-state index contributed by atoms with van der Waals surface area (Å²) in [5, 5.41) is 17.1. The van der Waals surface area contributed by atoms with Gasteiger partial charge in [-0.3, -0.25) is 9.59 Å². The zero-order valence-electron chi connectivity index (χ0n) is 16.2. The molecule has 1 atom stereocenters. The molecular weight excluding hydrogens is 416 g/mol. The van der Waals surface area contributed by atoms with Crippen LogP contribution in [0.3, 0.4) is 0 Å². The Kier molecular flexibility index (Phi) is 5.90. The van der Waals surface area contributed by atoms with E-state index >= 15 is 0 Å². The summed E-state index contributed by atoms with van der Waals surface area (Å²) in [6.07, 6.45) is -0.528. The smallest absolute Gasteiger partial charge is 0.317 e. The van der Waals surface area contributed by atoms with Gasteiger partial charge in [0.2, 0.25) is 0 Å². The molecule has 2 N–H and O–H groups in total. The quantitative estimate of drug-likeness (QED) is 0.359. The molecule has 3 aromatic carbocycles. The normalized spacial score (nSPS) is 11.9. The van der Waals surface area contributed by atoms with Crippen molar-refractivity contribution < 1.29 is 24.2 Å². The second-order valence-corrected chi connectivity index (χ2v) is 7.83. The van der Waals surface area contributed by atoms with E-state index in [2.05, 4.69) is 9.88 Å². The molecule has 0 saturated heterocycles. The fourth-order valence-corrected chi connectivity index (χ4v) is 4.00. The lowest BCUT2D eigenvalue weighted by molar-refractivity contribution is -0.142. The van der Waals surface area contributed by atoms with Crippen LogP contribution in [-0.2, 0) is 9.59 Å². The number of aromatic nitrogens is 1. The fourth-order valence-electron chi connectivity index (χ4n) is 3.14. The number of para-hydroxylation sites is 2. The van der Waals surface area contributed by atoms with Crippen LogP contribution in [0.5, 0.6) is 0 Å². The van der Waals surface area contributed by atoms with Crippen LogP contribution in [0.1, 0.15) is 6.42 Å². The predicted molar refractivity (Wildman–Crippen MR) is 118 cm³/mol. The number of rotatable bonds is 8. The molecule has 0 spiro atoms. The van der Waals surface area contributed by atoms with Crippen molar-refractivity contribution in [2.75, 3.05) is 4.90 Å². The van der Waals surface area contributed by atoms with E-state index in [4.69, 9.17) is 9.52 Å². The highest BCUT2D eigenvalue weighted by molar-refractivity contribution is 8.00. The summed E-state index contributed by atoms with van der Waals surface area (Å²) < 4.78 is 5.76. The van der Waals surface area contributed by atoms with Gasteiger partial charge in [-0.25, -0.2) is 4.98 Å². The summed E-state index contributed by atoms with van der Waals surface area (Å²) in [5.74, 6) is -2.42. The zero-order valence-corrected chi connectivity index (χ0v) is 17.0. The van der Waals surface area contributed by atoms with Gasteiger partial charge in [0.15, 0.2) is 5.58 Å². The van der Waals surface area contributed by atoms with E-state index < -0.39 is 23.6 Å². The SMILES string of the molecule is O=C(O)CC(Sc1nc2ccc(N(c3ccccc3)c3ccccc3)cc2o1)C(=O)O. The zero-order chi connectivity index (χ0) is 21.8. The minimum absolute atomic E-state index is 0.117. The minimum atomic E-state index is -1.23. The molecule has 0 radical (unpaired) electrons. The summed E-state index contributed by atoms with van der Waals surface area (Å²) in [6, 6.07) is 25.3. The van der Waals surface area contributed by atoms with Crippen LogP contribution in [0.2, 0.25) is 0 Å². The molecule has 0 aliphatic carbocycles. The number of carboxylic acids is 2. The van der Waals surface area contributed by atoms with E-state index in [0.717, 1.165) is 28.8 Å². The molecule has 0 amide bonds. The highest BCUT2D eigenvalue weighted by Gasteiger charge is 2.25. The second kappa shape index (κ2) is 8.93. The first kappa shape index (κ1) is 20.5. The van der Waals surface area contributed by atoms with Gasteiger partial charge >= 0.3 is 11.9 Å². The molecule has 0 aliphatic rings. The lowest BCUT2D eigenvalue weighted by Gasteiger charge is -2.25. The Bertz CT molecular complexity index is 1170. The van der Waals surface area contributed by atoms with Crippen LogP contribution < -0.4 is 4.90 Å². The number of hydrogen-bond acceptors (Lipinski definition) is 6. The summed E-state index contributed by atoms with van der Waals surface area (Å²) in [5.41, 5.74) is 3.82. The molecule has 0 aliphatic heterocycles. The van der Waals surface area contributed by atoms with Crippen LogP contribution in [-0.4, -0.2) is 32.4 Å². The standard InChI is InChI=1S/C23H18N2O5S/c26-21(27)14-20(22(28)29)31-23-24-18-12-11-17(13-19(18)30-23)25(15-7-3-1-4-8-15)16-9-5-2-6-10-16/h1-13,20H,14H2,(H,26,27)(H,28,29). The highest BCUT2D eigenvalue weighted by atomic mass is 32.2. The van der Waals surface area contributed by atoms with Gasteiger partial charge in [-0.1, -0.05) is 48.2 Å². The van der Waals surface area contributed by atoms with E-state index in [0.29, 0.717) is 11.1 Å². The van der Waals surface area contributed by atoms with E-state index in [1.165, 1.54) is 0 Å². The van der Waals surface area contributed by atoms with Gasteiger partial charge in [-0.05, 0) is 36.4 Å². The number of thioether (sulfide) groups is 1. The largest absolute Gasteiger partial charge is 0.481 e. The number of oxazole rings is 1. The molecule has 7 nitrogen and oxygen atoms in total. The summed E-state index contributed by atoms with van der Waals surface area (Å²) in [4.78, 5) is 28.7. The first-order chi connectivity index (χ1) is 15.0. The lowest BCUT2D eigenvalue weighted by atomic mass is 10.2. The van der Waals surface area contributed by atoms with E-state index in [9.17, 15) is 14.7 Å². The number of carbonyl (C=O) groups is 2. The Morgan fingerprint density at radius 3 is 2.06 bits per heavy atom. The van der Waals surface area contributed by atoms with E-state index in [1.807, 2.05) is 72.8 Å². The van der Waals surface area contributed by atoms with Gasteiger partial charge in [0, 0.05) is 23.1 Å². The molecule has 4 rings (SSSR count). The van der Waals surface area contributed by atoms with Crippen LogP contribution in [0, 0.1) is 0 Å². The molecule has 0 fully saturated rings. The van der Waals surface area contributed by atoms with Crippen molar-refractivity contribution in [1.29, 1.82) is 0 Å². The van der Waals surface area contributed by atoms with Crippen molar-refractivity contribution in [3.8, 4) is 0 Å². The molecule has 8 heteroatoms. The molecule has 0 saturated carbocycles. The third-order valence-corrected chi connectivity index (χ3v) is 5.55. The van der Waals surface area contributed by atoms with E-state index in [-0.39, 0.29) is 5.22 Å². The molecular formula is C23H18N2O5S. The average molecular weight is 434 g/mol. The van der Waals surface area contributed by atoms with Crippen molar-refractivity contribution in [2.24, 2.45) is 0 Å². The van der Waals surface area contributed by atoms with E-state index in [1.54, 1.807) is 6.07 Å². The van der Waals surface area contributed by atoms with Crippen LogP contribution in [0.25, 0.3) is 11.1 Å². The lowest BCUT2D eigenvalue weighted by Crippen LogP contribution is -2.20. The average Bonchev–Trinajstić information content (AvgIpc) is 3.16. The van der Waals surface area contributed by atoms with Gasteiger partial charge in [-0.2, -0.15) is 0 Å². The number of aliphatic carboxylic acids is 2. The molecule has 0 bridgehead atoms. The fraction of sp³-hybridized carbons (Fsp3) is 0.0870. The highest BCUT2D eigenvalue weighted by Crippen LogP contribution is 2.37. The van der Waals surface area contributed by atoms with Crippen molar-refractivity contribution in [1.82, 2.24) is 4.98 Å². The first-order valence-corrected chi connectivity index (χ1v) is 10.3. The number of hydrogen-bond donors (Lipinski definition) is 2. The maximum atomic E-state index is 11.4. The Labute approximate surface area is 181 Å². The van der Waals surface area contributed by atoms with Gasteiger partial charge in [0.05, 0.1) is 6.42 Å². The number of carboxylic acid groups (broad SMARTS) is 2. The van der Waals surface area contributed by atoms with Crippen molar-refractivity contribution in [3.63, 3.8) is 0 Å². The van der Waals surface area contributed by atoms with Crippen molar-refractivity contribution >= 4 is 51.9 Å². The number of nitrogens with zero attached hydrogens (tertiary/aromatic N) is 2. The van der Waals surface area contributed by atoms with Crippen LogP contribution in [0.15, 0.2) is 88.5 Å². The first-order valence-electron chi connectivity index (χ1n) is 9.43. The monoisotopic (exact) mass is 434 g/mol. The topological polar surface area (TPSA) is 104 Å². The second-order valence-electron chi connectivity index (χ2n) is 6.68. The summed E-state index contributed by atoms with van der Waals surface area (Å²) in [7, 11) is 0. The minimum Gasteiger partial charge on any atom is -0.481 e. The summed E-state index contributed by atoms with van der Waals surface area (Å²) in [6.45, 7) is 0. The number of benzene rings is 3. The molecule has 1 heterocycles. The molecule has 31 heavy (non-hydrogen) atoms. The Morgan fingerprint density at radius 2 is 1.52 bits per heavy atom. The molecule has 1 aromatic heterocycles. The molecule has 156 valence electrons. The maximum Gasteiger partial charge on any atom is 0.317 e. The maximum absolute atomic E-state index is 11.4. The van der Waals surface area contributed by atoms with Crippen LogP contribution in [0.4, 0.5) is 17.1 Å². The summed E-state index contributed by atoms with van der Waals surface area (Å²) >= 11 is 0.786. The van der Waals surface area contributed by atoms with Gasteiger partial charge in [-0.15, -0.1) is 0 Å². The van der Waals surface area contributed by atoms with Gasteiger partial charge in [0.1, 0.15) is 10.8 Å².